The fourth-order valence-electron chi connectivity index (χ4n) is 1.24. The molecular formula is C11H8ClIN2. The molecule has 1 heterocycles. The number of aromatic nitrogens is 2. The van der Waals surface area contributed by atoms with Crippen LogP contribution in [0.5, 0.6) is 0 Å². The second-order valence-corrected chi connectivity index (χ2v) is 4.54. The lowest BCUT2D eigenvalue weighted by atomic mass is 10.2. The predicted molar refractivity (Wildman–Crippen MR) is 69.9 cm³/mol. The topological polar surface area (TPSA) is 25.8 Å². The van der Waals surface area contributed by atoms with Crippen LogP contribution >= 0.6 is 34.2 Å². The molecule has 0 aliphatic heterocycles. The summed E-state index contributed by atoms with van der Waals surface area (Å²) in [6.07, 6.45) is 0. The standard InChI is InChI=1S/C11H8ClIN2/c1-7-9(13)10(12)15-11(14-7)8-5-3-2-4-6-8/h2-6H,1H3. The highest BCUT2D eigenvalue weighted by atomic mass is 127. The van der Waals surface area contributed by atoms with Gasteiger partial charge in [-0.25, -0.2) is 9.97 Å². The van der Waals surface area contributed by atoms with Crippen LogP contribution in [0.4, 0.5) is 0 Å². The van der Waals surface area contributed by atoms with Gasteiger partial charge < -0.3 is 0 Å². The van der Waals surface area contributed by atoms with Crippen molar-refractivity contribution >= 4 is 34.2 Å². The van der Waals surface area contributed by atoms with Crippen molar-refractivity contribution in [3.8, 4) is 11.4 Å². The Labute approximate surface area is 107 Å². The van der Waals surface area contributed by atoms with Crippen LogP contribution in [0.15, 0.2) is 30.3 Å². The maximum absolute atomic E-state index is 6.01. The van der Waals surface area contributed by atoms with Gasteiger partial charge in [0, 0.05) is 5.56 Å². The fourth-order valence-corrected chi connectivity index (χ4v) is 1.70. The number of halogens is 2. The third-order valence-corrected chi connectivity index (χ3v) is 3.89. The van der Waals surface area contributed by atoms with E-state index in [1.807, 2.05) is 37.3 Å². The van der Waals surface area contributed by atoms with Crippen molar-refractivity contribution in [1.29, 1.82) is 0 Å². The zero-order valence-electron chi connectivity index (χ0n) is 8.04. The van der Waals surface area contributed by atoms with Crippen molar-refractivity contribution in [2.75, 3.05) is 0 Å². The van der Waals surface area contributed by atoms with Crippen LogP contribution in [0.3, 0.4) is 0 Å². The lowest BCUT2D eigenvalue weighted by Gasteiger charge is -2.04. The van der Waals surface area contributed by atoms with E-state index in [2.05, 4.69) is 32.6 Å². The molecule has 0 spiro atoms. The maximum atomic E-state index is 6.01. The van der Waals surface area contributed by atoms with Crippen molar-refractivity contribution in [3.05, 3.63) is 44.7 Å². The molecule has 15 heavy (non-hydrogen) atoms. The van der Waals surface area contributed by atoms with Crippen LogP contribution in [0.2, 0.25) is 5.15 Å². The molecule has 0 fully saturated rings. The largest absolute Gasteiger partial charge is 0.232 e. The normalized spacial score (nSPS) is 10.3. The summed E-state index contributed by atoms with van der Waals surface area (Å²) in [5, 5.41) is 0.516. The van der Waals surface area contributed by atoms with Crippen molar-refractivity contribution < 1.29 is 0 Å². The third-order valence-electron chi connectivity index (χ3n) is 2.01. The minimum absolute atomic E-state index is 0.516. The van der Waals surface area contributed by atoms with E-state index in [1.54, 1.807) is 0 Å². The molecule has 0 N–H and O–H groups in total. The van der Waals surface area contributed by atoms with Gasteiger partial charge in [-0.2, -0.15) is 0 Å². The third kappa shape index (κ3) is 2.29. The highest BCUT2D eigenvalue weighted by Crippen LogP contribution is 2.22. The first kappa shape index (κ1) is 10.8. The van der Waals surface area contributed by atoms with Crippen LogP contribution < -0.4 is 0 Å². The molecule has 1 aromatic heterocycles. The summed E-state index contributed by atoms with van der Waals surface area (Å²) in [5.74, 6) is 0.679. The molecule has 0 saturated heterocycles. The molecule has 2 aromatic rings. The number of nitrogens with zero attached hydrogens (tertiary/aromatic N) is 2. The summed E-state index contributed by atoms with van der Waals surface area (Å²) in [6, 6.07) is 9.82. The van der Waals surface area contributed by atoms with Crippen molar-refractivity contribution in [3.63, 3.8) is 0 Å². The first-order chi connectivity index (χ1) is 7.18. The molecule has 0 unspecified atom stereocenters. The Bertz CT molecular complexity index is 462. The molecule has 4 heteroatoms. The molecule has 0 saturated carbocycles. The van der Waals surface area contributed by atoms with Crippen LogP contribution in [0.25, 0.3) is 11.4 Å². The lowest BCUT2D eigenvalue weighted by molar-refractivity contribution is 1.09. The van der Waals surface area contributed by atoms with E-state index >= 15 is 0 Å². The molecule has 0 bridgehead atoms. The Kier molecular flexibility index (Phi) is 3.21. The number of hydrogen-bond donors (Lipinski definition) is 0. The summed E-state index contributed by atoms with van der Waals surface area (Å²) >= 11 is 8.16. The van der Waals surface area contributed by atoms with Crippen molar-refractivity contribution in [2.24, 2.45) is 0 Å². The Morgan fingerprint density at radius 3 is 2.40 bits per heavy atom. The molecule has 76 valence electrons. The summed E-state index contributed by atoms with van der Waals surface area (Å²) in [4.78, 5) is 8.65. The number of benzene rings is 1. The lowest BCUT2D eigenvalue weighted by Crippen LogP contribution is -1.96. The van der Waals surface area contributed by atoms with E-state index in [9.17, 15) is 0 Å². The highest BCUT2D eigenvalue weighted by molar-refractivity contribution is 14.1. The van der Waals surface area contributed by atoms with E-state index in [1.165, 1.54) is 0 Å². The molecule has 0 atom stereocenters. The second kappa shape index (κ2) is 4.45. The van der Waals surface area contributed by atoms with Crippen molar-refractivity contribution in [2.45, 2.75) is 6.92 Å². The molecular weight excluding hydrogens is 322 g/mol. The molecule has 0 aliphatic rings. The van der Waals surface area contributed by atoms with Gasteiger partial charge in [0.1, 0.15) is 5.15 Å². The van der Waals surface area contributed by atoms with Gasteiger partial charge in [0.25, 0.3) is 0 Å². The van der Waals surface area contributed by atoms with E-state index in [0.717, 1.165) is 14.8 Å². The van der Waals surface area contributed by atoms with E-state index in [4.69, 9.17) is 11.6 Å². The Balaban J connectivity index is 2.56. The van der Waals surface area contributed by atoms with E-state index in [0.29, 0.717) is 11.0 Å². The smallest absolute Gasteiger partial charge is 0.161 e. The van der Waals surface area contributed by atoms with Gasteiger partial charge in [-0.1, -0.05) is 41.9 Å². The Morgan fingerprint density at radius 1 is 1.13 bits per heavy atom. The Hall–Kier alpha value is -0.680. The van der Waals surface area contributed by atoms with Gasteiger partial charge in [0.05, 0.1) is 9.26 Å². The SMILES string of the molecule is Cc1nc(-c2ccccc2)nc(Cl)c1I. The zero-order valence-corrected chi connectivity index (χ0v) is 11.0. The molecule has 2 rings (SSSR count). The first-order valence-electron chi connectivity index (χ1n) is 4.43. The first-order valence-corrected chi connectivity index (χ1v) is 5.89. The van der Waals surface area contributed by atoms with Gasteiger partial charge in [0.2, 0.25) is 0 Å². The fraction of sp³-hybridized carbons (Fsp3) is 0.0909. The number of aryl methyl sites for hydroxylation is 1. The number of rotatable bonds is 1. The molecule has 0 amide bonds. The molecule has 2 nitrogen and oxygen atoms in total. The van der Waals surface area contributed by atoms with Crippen LogP contribution in [0.1, 0.15) is 5.69 Å². The minimum Gasteiger partial charge on any atom is -0.232 e. The highest BCUT2D eigenvalue weighted by Gasteiger charge is 2.08. The molecule has 0 aliphatic carbocycles. The quantitative estimate of drug-likeness (QED) is 0.588. The van der Waals surface area contributed by atoms with Gasteiger partial charge >= 0.3 is 0 Å². The van der Waals surface area contributed by atoms with E-state index < -0.39 is 0 Å². The summed E-state index contributed by atoms with van der Waals surface area (Å²) in [6.45, 7) is 1.93. The Morgan fingerprint density at radius 2 is 1.80 bits per heavy atom. The van der Waals surface area contributed by atoms with Crippen molar-refractivity contribution in [1.82, 2.24) is 9.97 Å². The summed E-state index contributed by atoms with van der Waals surface area (Å²) in [7, 11) is 0. The maximum Gasteiger partial charge on any atom is 0.161 e. The summed E-state index contributed by atoms with van der Waals surface area (Å²) < 4.78 is 0.911. The molecule has 0 radical (unpaired) electrons. The van der Waals surface area contributed by atoms with Crippen LogP contribution in [-0.2, 0) is 0 Å². The predicted octanol–water partition coefficient (Wildman–Crippen LogP) is 3.71. The van der Waals surface area contributed by atoms with Crippen LogP contribution in [0, 0.1) is 10.5 Å². The average molecular weight is 331 g/mol. The zero-order chi connectivity index (χ0) is 10.8. The summed E-state index contributed by atoms with van der Waals surface area (Å²) in [5.41, 5.74) is 1.90. The average Bonchev–Trinajstić information content (AvgIpc) is 2.26. The monoisotopic (exact) mass is 330 g/mol. The van der Waals surface area contributed by atoms with Gasteiger partial charge in [-0.3, -0.25) is 0 Å². The van der Waals surface area contributed by atoms with Gasteiger partial charge in [-0.05, 0) is 29.5 Å². The minimum atomic E-state index is 0.516. The van der Waals surface area contributed by atoms with Crippen LogP contribution in [-0.4, -0.2) is 9.97 Å². The van der Waals surface area contributed by atoms with E-state index in [-0.39, 0.29) is 0 Å². The number of hydrogen-bond acceptors (Lipinski definition) is 2. The van der Waals surface area contributed by atoms with Gasteiger partial charge in [0.15, 0.2) is 5.82 Å². The second-order valence-electron chi connectivity index (χ2n) is 3.10. The van der Waals surface area contributed by atoms with Gasteiger partial charge in [-0.15, -0.1) is 0 Å². The molecule has 1 aromatic carbocycles.